The third-order valence-electron chi connectivity index (χ3n) is 2.85. The lowest BCUT2D eigenvalue weighted by molar-refractivity contribution is 0.261. The van der Waals surface area contributed by atoms with Crippen LogP contribution in [0.4, 0.5) is 0 Å². The molecule has 0 saturated carbocycles. The second kappa shape index (κ2) is 8.40. The summed E-state index contributed by atoms with van der Waals surface area (Å²) in [5, 5.41) is 8.76. The molecule has 0 unspecified atom stereocenters. The van der Waals surface area contributed by atoms with Gasteiger partial charge in [-0.3, -0.25) is 0 Å². The first-order chi connectivity index (χ1) is 8.71. The molecule has 0 aromatic heterocycles. The van der Waals surface area contributed by atoms with E-state index in [2.05, 4.69) is 36.4 Å². The molecule has 0 bridgehead atoms. The molecule has 0 aliphatic rings. The van der Waals surface area contributed by atoms with Gasteiger partial charge in [-0.05, 0) is 50.4 Å². The van der Waals surface area contributed by atoms with Crippen molar-refractivity contribution in [2.45, 2.75) is 24.3 Å². The lowest BCUT2D eigenvalue weighted by Gasteiger charge is -2.17. The maximum Gasteiger partial charge on any atom is 0.132 e. The highest BCUT2D eigenvalue weighted by Crippen LogP contribution is 2.28. The van der Waals surface area contributed by atoms with E-state index in [9.17, 15) is 0 Å². The molecule has 0 aliphatic carbocycles. The summed E-state index contributed by atoms with van der Waals surface area (Å²) in [4.78, 5) is 3.44. The van der Waals surface area contributed by atoms with E-state index in [1.807, 2.05) is 0 Å². The van der Waals surface area contributed by atoms with Crippen LogP contribution in [-0.2, 0) is 6.54 Å². The molecular weight excluding hydrogens is 246 g/mol. The fourth-order valence-corrected chi connectivity index (χ4v) is 2.41. The van der Waals surface area contributed by atoms with Gasteiger partial charge in [-0.2, -0.15) is 0 Å². The van der Waals surface area contributed by atoms with Crippen molar-refractivity contribution in [3.63, 3.8) is 0 Å². The number of aliphatic hydroxyl groups is 1. The summed E-state index contributed by atoms with van der Waals surface area (Å²) in [5.41, 5.74) is 1.26. The van der Waals surface area contributed by atoms with E-state index in [4.69, 9.17) is 9.84 Å². The molecular formula is C14H23NO2S. The minimum Gasteiger partial charge on any atom is -0.496 e. The molecule has 1 N–H and O–H groups in total. The lowest BCUT2D eigenvalue weighted by Crippen LogP contribution is -2.19. The van der Waals surface area contributed by atoms with Crippen molar-refractivity contribution in [3.8, 4) is 5.75 Å². The predicted octanol–water partition coefficient (Wildman–Crippen LogP) is 2.62. The smallest absolute Gasteiger partial charge is 0.132 e. The molecule has 0 radical (unpaired) electrons. The molecule has 0 spiro atoms. The summed E-state index contributed by atoms with van der Waals surface area (Å²) in [7, 11) is 3.82. The normalized spacial score (nSPS) is 10.9. The molecule has 0 amide bonds. The molecule has 0 fully saturated rings. The molecule has 3 nitrogen and oxygen atoms in total. The van der Waals surface area contributed by atoms with E-state index in [1.54, 1.807) is 18.9 Å². The van der Waals surface area contributed by atoms with Gasteiger partial charge in [0, 0.05) is 18.0 Å². The molecule has 0 aliphatic heterocycles. The Labute approximate surface area is 114 Å². The van der Waals surface area contributed by atoms with Crippen LogP contribution >= 0.6 is 11.8 Å². The molecule has 0 heterocycles. The number of ether oxygens (including phenoxy) is 1. The van der Waals surface area contributed by atoms with Crippen molar-refractivity contribution in [3.05, 3.63) is 23.8 Å². The number of rotatable bonds is 8. The molecule has 0 saturated heterocycles. The van der Waals surface area contributed by atoms with Crippen molar-refractivity contribution in [2.75, 3.05) is 33.6 Å². The number of nitrogens with zero attached hydrogens (tertiary/aromatic N) is 1. The Bertz CT molecular complexity index is 358. The Morgan fingerprint density at radius 3 is 2.72 bits per heavy atom. The zero-order valence-corrected chi connectivity index (χ0v) is 12.3. The van der Waals surface area contributed by atoms with Crippen LogP contribution in [0.1, 0.15) is 18.4 Å². The average molecular weight is 269 g/mol. The Balaban J connectivity index is 2.56. The largest absolute Gasteiger partial charge is 0.496 e. The summed E-state index contributed by atoms with van der Waals surface area (Å²) in [6.45, 7) is 2.20. The van der Waals surface area contributed by atoms with Crippen LogP contribution in [0.2, 0.25) is 0 Å². The van der Waals surface area contributed by atoms with Gasteiger partial charge in [0.15, 0.2) is 0 Å². The van der Waals surface area contributed by atoms with E-state index in [1.165, 1.54) is 10.5 Å². The molecule has 0 atom stereocenters. The number of methoxy groups -OCH3 is 1. The fourth-order valence-electron chi connectivity index (χ4n) is 1.86. The van der Waals surface area contributed by atoms with E-state index < -0.39 is 0 Å². The maximum absolute atomic E-state index is 8.76. The van der Waals surface area contributed by atoms with Crippen molar-refractivity contribution >= 4 is 11.8 Å². The molecule has 1 aromatic carbocycles. The van der Waals surface area contributed by atoms with Crippen molar-refractivity contribution < 1.29 is 9.84 Å². The van der Waals surface area contributed by atoms with Crippen LogP contribution in [-0.4, -0.2) is 43.6 Å². The zero-order valence-electron chi connectivity index (χ0n) is 11.5. The maximum atomic E-state index is 8.76. The standard InChI is InChI=1S/C14H23NO2S/c1-15(8-4-5-9-16)11-12-6-7-14(18-3)13(10-12)17-2/h6-7,10,16H,4-5,8-9,11H2,1-3H3. The highest BCUT2D eigenvalue weighted by Gasteiger charge is 2.05. The van der Waals surface area contributed by atoms with Gasteiger partial charge in [0.1, 0.15) is 5.75 Å². The molecule has 4 heteroatoms. The minimum atomic E-state index is 0.282. The number of aliphatic hydroxyl groups excluding tert-OH is 1. The minimum absolute atomic E-state index is 0.282. The van der Waals surface area contributed by atoms with Gasteiger partial charge >= 0.3 is 0 Å². The van der Waals surface area contributed by atoms with Crippen LogP contribution in [0.5, 0.6) is 5.75 Å². The summed E-state index contributed by atoms with van der Waals surface area (Å²) >= 11 is 1.70. The number of thioether (sulfide) groups is 1. The van der Waals surface area contributed by atoms with Gasteiger partial charge in [-0.1, -0.05) is 6.07 Å². The quantitative estimate of drug-likeness (QED) is 0.581. The summed E-state index contributed by atoms with van der Waals surface area (Å²) < 4.78 is 5.38. The Morgan fingerprint density at radius 1 is 1.33 bits per heavy atom. The monoisotopic (exact) mass is 269 g/mol. The third-order valence-corrected chi connectivity index (χ3v) is 3.63. The second-order valence-corrected chi connectivity index (χ2v) is 5.21. The van der Waals surface area contributed by atoms with Crippen LogP contribution in [0, 0.1) is 0 Å². The Morgan fingerprint density at radius 2 is 2.11 bits per heavy atom. The SMILES string of the molecule is COc1cc(CN(C)CCCCO)ccc1SC. The molecule has 102 valence electrons. The number of hydrogen-bond acceptors (Lipinski definition) is 4. The summed E-state index contributed by atoms with van der Waals surface area (Å²) in [6, 6.07) is 6.37. The fraction of sp³-hybridized carbons (Fsp3) is 0.571. The number of hydrogen-bond donors (Lipinski definition) is 1. The van der Waals surface area contributed by atoms with Crippen LogP contribution in [0.25, 0.3) is 0 Å². The lowest BCUT2D eigenvalue weighted by atomic mass is 10.2. The van der Waals surface area contributed by atoms with Gasteiger partial charge in [0.25, 0.3) is 0 Å². The molecule has 1 rings (SSSR count). The van der Waals surface area contributed by atoms with Crippen LogP contribution in [0.3, 0.4) is 0 Å². The van der Waals surface area contributed by atoms with Gasteiger partial charge in [-0.15, -0.1) is 11.8 Å². The predicted molar refractivity (Wildman–Crippen MR) is 77.4 cm³/mol. The van der Waals surface area contributed by atoms with Crippen molar-refractivity contribution in [1.82, 2.24) is 4.90 Å². The second-order valence-electron chi connectivity index (χ2n) is 4.36. The third kappa shape index (κ3) is 4.88. The molecule has 1 aromatic rings. The van der Waals surface area contributed by atoms with Gasteiger partial charge < -0.3 is 14.7 Å². The van der Waals surface area contributed by atoms with E-state index >= 15 is 0 Å². The van der Waals surface area contributed by atoms with Crippen LogP contribution < -0.4 is 4.74 Å². The first-order valence-corrected chi connectivity index (χ1v) is 7.44. The first kappa shape index (κ1) is 15.3. The van der Waals surface area contributed by atoms with Gasteiger partial charge in [0.05, 0.1) is 7.11 Å². The highest BCUT2D eigenvalue weighted by molar-refractivity contribution is 7.98. The number of benzene rings is 1. The zero-order chi connectivity index (χ0) is 13.4. The van der Waals surface area contributed by atoms with E-state index in [0.717, 1.165) is 31.7 Å². The topological polar surface area (TPSA) is 32.7 Å². The van der Waals surface area contributed by atoms with Crippen LogP contribution in [0.15, 0.2) is 23.1 Å². The van der Waals surface area contributed by atoms with Gasteiger partial charge in [-0.25, -0.2) is 0 Å². The Hall–Kier alpha value is -0.710. The van der Waals surface area contributed by atoms with E-state index in [-0.39, 0.29) is 6.61 Å². The molecule has 18 heavy (non-hydrogen) atoms. The van der Waals surface area contributed by atoms with E-state index in [0.29, 0.717) is 0 Å². The summed E-state index contributed by atoms with van der Waals surface area (Å²) in [6.07, 6.45) is 3.96. The van der Waals surface area contributed by atoms with Crippen molar-refractivity contribution in [2.24, 2.45) is 0 Å². The first-order valence-electron chi connectivity index (χ1n) is 6.21. The van der Waals surface area contributed by atoms with Crippen molar-refractivity contribution in [1.29, 1.82) is 0 Å². The highest BCUT2D eigenvalue weighted by atomic mass is 32.2. The average Bonchev–Trinajstić information content (AvgIpc) is 2.39. The van der Waals surface area contributed by atoms with Gasteiger partial charge in [0.2, 0.25) is 0 Å². The summed E-state index contributed by atoms with van der Waals surface area (Å²) in [5.74, 6) is 0.948. The Kier molecular flexibility index (Phi) is 7.16. The number of unbranched alkanes of at least 4 members (excludes halogenated alkanes) is 1.